The Labute approximate surface area is 234 Å². The highest BCUT2D eigenvalue weighted by atomic mass is 35.5. The quantitative estimate of drug-likeness (QED) is 0.340. The number of rotatable bonds is 12. The van der Waals surface area contributed by atoms with E-state index in [1.165, 1.54) is 22.3 Å². The minimum atomic E-state index is -3.67. The van der Waals surface area contributed by atoms with Crippen molar-refractivity contribution in [1.29, 1.82) is 0 Å². The largest absolute Gasteiger partial charge is 0.357 e. The number of anilines is 1. The lowest BCUT2D eigenvalue weighted by atomic mass is 10.0. The lowest BCUT2D eigenvalue weighted by Gasteiger charge is -2.32. The summed E-state index contributed by atoms with van der Waals surface area (Å²) in [5, 5.41) is 3.02. The van der Waals surface area contributed by atoms with E-state index in [0.29, 0.717) is 10.7 Å². The third kappa shape index (κ3) is 8.28. The van der Waals surface area contributed by atoms with E-state index in [-0.39, 0.29) is 49.7 Å². The zero-order valence-electron chi connectivity index (χ0n) is 22.2. The molecule has 0 aliphatic carbocycles. The van der Waals surface area contributed by atoms with Gasteiger partial charge in [-0.25, -0.2) is 12.8 Å². The van der Waals surface area contributed by atoms with Crippen LogP contribution in [0, 0.1) is 12.7 Å². The summed E-state index contributed by atoms with van der Waals surface area (Å²) in [6.07, 6.45) is 1.46. The standard InChI is InChI=1S/C29H33ClFN3O4S/c1-21-15-16-24(30)19-26(21)34(39(3,37)38)17-9-14-28(35)33(20-23-12-7-8-13-25(23)31)27(29(36)32-2)18-22-10-5-4-6-11-22/h4-8,10-13,15-16,19,27H,9,14,17-18,20H2,1-3H3,(H,32,36)/t27-/m0/s1. The molecule has 0 aliphatic heterocycles. The van der Waals surface area contributed by atoms with Crippen LogP contribution < -0.4 is 9.62 Å². The number of hydrogen-bond acceptors (Lipinski definition) is 4. The number of carbonyl (C=O) groups excluding carboxylic acids is 2. The van der Waals surface area contributed by atoms with Crippen LogP contribution in [0.2, 0.25) is 5.02 Å². The predicted octanol–water partition coefficient (Wildman–Crippen LogP) is 4.72. The second-order valence-electron chi connectivity index (χ2n) is 9.30. The Kier molecular flexibility index (Phi) is 10.5. The van der Waals surface area contributed by atoms with Crippen LogP contribution in [0.3, 0.4) is 0 Å². The van der Waals surface area contributed by atoms with Gasteiger partial charge in [0, 0.05) is 43.6 Å². The summed E-state index contributed by atoms with van der Waals surface area (Å²) >= 11 is 6.12. The lowest BCUT2D eigenvalue weighted by molar-refractivity contribution is -0.141. The van der Waals surface area contributed by atoms with E-state index in [4.69, 9.17) is 11.6 Å². The number of carbonyl (C=O) groups is 2. The van der Waals surface area contributed by atoms with Gasteiger partial charge in [0.2, 0.25) is 21.8 Å². The van der Waals surface area contributed by atoms with E-state index >= 15 is 0 Å². The highest BCUT2D eigenvalue weighted by Gasteiger charge is 2.30. The van der Waals surface area contributed by atoms with Gasteiger partial charge in [-0.15, -0.1) is 0 Å². The minimum Gasteiger partial charge on any atom is -0.357 e. The molecule has 10 heteroatoms. The molecule has 0 saturated heterocycles. The van der Waals surface area contributed by atoms with Crippen LogP contribution in [0.5, 0.6) is 0 Å². The number of aryl methyl sites for hydroxylation is 1. The zero-order chi connectivity index (χ0) is 28.6. The van der Waals surface area contributed by atoms with Crippen molar-refractivity contribution in [2.24, 2.45) is 0 Å². The molecular weight excluding hydrogens is 541 g/mol. The fraction of sp³-hybridized carbons (Fsp3) is 0.310. The number of nitrogens with zero attached hydrogens (tertiary/aromatic N) is 2. The molecule has 0 aromatic heterocycles. The first-order valence-corrected chi connectivity index (χ1v) is 14.8. The highest BCUT2D eigenvalue weighted by molar-refractivity contribution is 7.92. The highest BCUT2D eigenvalue weighted by Crippen LogP contribution is 2.27. The summed E-state index contributed by atoms with van der Waals surface area (Å²) in [5.74, 6) is -1.25. The number of sulfonamides is 1. The van der Waals surface area contributed by atoms with Crippen molar-refractivity contribution in [3.8, 4) is 0 Å². The van der Waals surface area contributed by atoms with Gasteiger partial charge >= 0.3 is 0 Å². The lowest BCUT2D eigenvalue weighted by Crippen LogP contribution is -2.50. The van der Waals surface area contributed by atoms with Crippen molar-refractivity contribution >= 4 is 39.1 Å². The van der Waals surface area contributed by atoms with Crippen LogP contribution in [0.4, 0.5) is 10.1 Å². The fourth-order valence-electron chi connectivity index (χ4n) is 4.36. The summed E-state index contributed by atoms with van der Waals surface area (Å²) < 4.78 is 41.1. The first-order valence-electron chi connectivity index (χ1n) is 12.5. The average molecular weight is 574 g/mol. The number of hydrogen-bond donors (Lipinski definition) is 1. The van der Waals surface area contributed by atoms with Gasteiger partial charge in [-0.2, -0.15) is 0 Å². The van der Waals surface area contributed by atoms with E-state index in [2.05, 4.69) is 5.32 Å². The number of benzene rings is 3. The molecule has 1 atom stereocenters. The molecule has 0 aliphatic rings. The van der Waals surface area contributed by atoms with Crippen molar-refractivity contribution in [1.82, 2.24) is 10.2 Å². The molecule has 7 nitrogen and oxygen atoms in total. The normalized spacial score (nSPS) is 12.0. The van der Waals surface area contributed by atoms with E-state index in [0.717, 1.165) is 17.4 Å². The Hall–Kier alpha value is -3.43. The minimum absolute atomic E-state index is 0.0304. The summed E-state index contributed by atoms with van der Waals surface area (Å²) in [6.45, 7) is 1.70. The summed E-state index contributed by atoms with van der Waals surface area (Å²) in [5.41, 5.74) is 2.28. The Balaban J connectivity index is 1.87. The monoisotopic (exact) mass is 573 g/mol. The molecule has 0 radical (unpaired) electrons. The first kappa shape index (κ1) is 30.1. The molecule has 208 valence electrons. The number of nitrogens with one attached hydrogen (secondary N) is 1. The maximum absolute atomic E-state index is 14.6. The second-order valence-corrected chi connectivity index (χ2v) is 11.6. The molecule has 0 unspecified atom stereocenters. The summed E-state index contributed by atoms with van der Waals surface area (Å²) in [7, 11) is -2.18. The molecule has 0 heterocycles. The van der Waals surface area contributed by atoms with Crippen LogP contribution in [0.25, 0.3) is 0 Å². The van der Waals surface area contributed by atoms with Gasteiger partial charge in [-0.1, -0.05) is 66.2 Å². The van der Waals surface area contributed by atoms with Crippen LogP contribution in [0.15, 0.2) is 72.8 Å². The van der Waals surface area contributed by atoms with Crippen molar-refractivity contribution in [2.45, 2.75) is 38.8 Å². The Morgan fingerprint density at radius 3 is 2.33 bits per heavy atom. The predicted molar refractivity (Wildman–Crippen MR) is 153 cm³/mol. The maximum atomic E-state index is 14.6. The zero-order valence-corrected chi connectivity index (χ0v) is 23.8. The van der Waals surface area contributed by atoms with Gasteiger partial charge < -0.3 is 10.2 Å². The average Bonchev–Trinajstić information content (AvgIpc) is 2.90. The summed E-state index contributed by atoms with van der Waals surface area (Å²) in [4.78, 5) is 28.0. The van der Waals surface area contributed by atoms with Crippen LogP contribution in [-0.4, -0.2) is 51.0 Å². The van der Waals surface area contributed by atoms with Crippen molar-refractivity contribution < 1.29 is 22.4 Å². The molecule has 1 N–H and O–H groups in total. The van der Waals surface area contributed by atoms with E-state index in [9.17, 15) is 22.4 Å². The molecule has 0 fully saturated rings. The van der Waals surface area contributed by atoms with Gasteiger partial charge in [0.25, 0.3) is 0 Å². The van der Waals surface area contributed by atoms with Gasteiger partial charge in [-0.05, 0) is 42.7 Å². The van der Waals surface area contributed by atoms with E-state index < -0.39 is 21.9 Å². The maximum Gasteiger partial charge on any atom is 0.242 e. The van der Waals surface area contributed by atoms with Crippen LogP contribution in [0.1, 0.15) is 29.5 Å². The number of likely N-dealkylation sites (N-methyl/N-ethyl adjacent to an activating group) is 1. The van der Waals surface area contributed by atoms with Gasteiger partial charge in [0.05, 0.1) is 11.9 Å². The van der Waals surface area contributed by atoms with Crippen molar-refractivity contribution in [2.75, 3.05) is 24.2 Å². The molecule has 3 aromatic rings. The Morgan fingerprint density at radius 2 is 1.69 bits per heavy atom. The van der Waals surface area contributed by atoms with Crippen LogP contribution >= 0.6 is 11.6 Å². The molecule has 3 aromatic carbocycles. The van der Waals surface area contributed by atoms with Crippen molar-refractivity contribution in [3.63, 3.8) is 0 Å². The van der Waals surface area contributed by atoms with Crippen molar-refractivity contribution in [3.05, 3.63) is 100 Å². The smallest absolute Gasteiger partial charge is 0.242 e. The molecule has 0 saturated carbocycles. The third-order valence-corrected chi connectivity index (χ3v) is 7.82. The molecule has 39 heavy (non-hydrogen) atoms. The molecular formula is C29H33ClFN3O4S. The van der Waals surface area contributed by atoms with E-state index in [1.807, 2.05) is 30.3 Å². The molecule has 3 rings (SSSR count). The molecule has 2 amide bonds. The fourth-order valence-corrected chi connectivity index (χ4v) is 5.55. The third-order valence-electron chi connectivity index (χ3n) is 6.41. The first-order chi connectivity index (χ1) is 18.5. The van der Waals surface area contributed by atoms with Gasteiger partial charge in [0.1, 0.15) is 11.9 Å². The number of halogens is 2. The molecule has 0 bridgehead atoms. The van der Waals surface area contributed by atoms with Crippen LogP contribution in [-0.2, 0) is 32.6 Å². The Morgan fingerprint density at radius 1 is 1.03 bits per heavy atom. The van der Waals surface area contributed by atoms with Gasteiger partial charge in [0.15, 0.2) is 0 Å². The summed E-state index contributed by atoms with van der Waals surface area (Å²) in [6, 6.07) is 19.5. The van der Waals surface area contributed by atoms with E-state index in [1.54, 1.807) is 43.3 Å². The van der Waals surface area contributed by atoms with Gasteiger partial charge in [-0.3, -0.25) is 13.9 Å². The topological polar surface area (TPSA) is 86.8 Å². The number of amides is 2. The molecule has 0 spiro atoms. The SMILES string of the molecule is CNC(=O)[C@H](Cc1ccccc1)N(Cc1ccccc1F)C(=O)CCCN(c1cc(Cl)ccc1C)S(C)(=O)=O. The second kappa shape index (κ2) is 13.6. The Bertz CT molecular complexity index is 1400.